The first kappa shape index (κ1) is 30.6. The summed E-state index contributed by atoms with van der Waals surface area (Å²) in [7, 11) is -1.41. The molecule has 6 rings (SSSR count). The van der Waals surface area contributed by atoms with E-state index in [1.165, 1.54) is 29.5 Å². The fourth-order valence-electron chi connectivity index (χ4n) is 5.19. The Hall–Kier alpha value is -4.42. The predicted octanol–water partition coefficient (Wildman–Crippen LogP) is 6.64. The summed E-state index contributed by atoms with van der Waals surface area (Å²) in [5, 5.41) is 7.01. The average Bonchev–Trinajstić information content (AvgIpc) is 3.60. The van der Waals surface area contributed by atoms with Crippen molar-refractivity contribution < 1.29 is 31.5 Å². The summed E-state index contributed by atoms with van der Waals surface area (Å²) >= 11 is 1.23. The van der Waals surface area contributed by atoms with Crippen molar-refractivity contribution in [2.75, 3.05) is 13.7 Å². The zero-order valence-corrected chi connectivity index (χ0v) is 26.2. The lowest BCUT2D eigenvalue weighted by molar-refractivity contribution is 0.0520. The number of ether oxygens (including phenoxy) is 2. The van der Waals surface area contributed by atoms with E-state index in [0.29, 0.717) is 51.2 Å². The predicted molar refractivity (Wildman–Crippen MR) is 167 cm³/mol. The molecule has 0 unspecified atom stereocenters. The molecular weight excluding hydrogens is 621 g/mol. The molecule has 0 atom stereocenters. The maximum absolute atomic E-state index is 15.3. The molecule has 1 aliphatic rings. The lowest BCUT2D eigenvalue weighted by Crippen LogP contribution is -2.08. The van der Waals surface area contributed by atoms with Gasteiger partial charge in [-0.2, -0.15) is 5.10 Å². The van der Waals surface area contributed by atoms with E-state index in [2.05, 4.69) is 4.98 Å². The zero-order valence-electron chi connectivity index (χ0n) is 24.5. The van der Waals surface area contributed by atoms with Crippen LogP contribution in [0.1, 0.15) is 47.1 Å². The Morgan fingerprint density at radius 3 is 2.58 bits per heavy atom. The molecule has 8 nitrogen and oxygen atoms in total. The molecule has 0 radical (unpaired) electrons. The van der Waals surface area contributed by atoms with Crippen LogP contribution in [-0.4, -0.2) is 42.9 Å². The van der Waals surface area contributed by atoms with E-state index in [0.717, 1.165) is 24.6 Å². The molecule has 2 aromatic heterocycles. The number of hydrogen-bond donors (Lipinski definition) is 1. The van der Waals surface area contributed by atoms with Crippen molar-refractivity contribution in [2.24, 2.45) is 5.92 Å². The number of rotatable bonds is 11. The van der Waals surface area contributed by atoms with Gasteiger partial charge in [0.15, 0.2) is 16.4 Å². The second-order valence-corrected chi connectivity index (χ2v) is 12.6. The minimum absolute atomic E-state index is 0.0983. The fraction of sp³-hybridized carbons (Fsp3) is 0.242. The molecule has 3 aromatic carbocycles. The van der Waals surface area contributed by atoms with Crippen LogP contribution in [0.15, 0.2) is 70.9 Å². The van der Waals surface area contributed by atoms with Crippen LogP contribution in [0.3, 0.4) is 0 Å². The van der Waals surface area contributed by atoms with Gasteiger partial charge >= 0.3 is 5.97 Å². The Bertz CT molecular complexity index is 1970. The van der Waals surface area contributed by atoms with Crippen LogP contribution in [0.4, 0.5) is 8.78 Å². The van der Waals surface area contributed by atoms with Gasteiger partial charge < -0.3 is 9.47 Å². The molecule has 0 spiro atoms. The molecule has 0 aliphatic heterocycles. The summed E-state index contributed by atoms with van der Waals surface area (Å²) in [6, 6.07) is 15.6. The van der Waals surface area contributed by atoms with E-state index in [1.54, 1.807) is 60.5 Å². The molecule has 0 saturated heterocycles. The Balaban J connectivity index is 1.53. The van der Waals surface area contributed by atoms with Crippen molar-refractivity contribution in [1.82, 2.24) is 14.8 Å². The van der Waals surface area contributed by atoms with Gasteiger partial charge in [-0.3, -0.25) is 0 Å². The number of aromatic nitrogens is 3. The minimum Gasteiger partial charge on any atom is -0.497 e. The van der Waals surface area contributed by atoms with Gasteiger partial charge in [-0.15, -0.1) is 11.3 Å². The topological polar surface area (TPSA) is 100 Å². The molecule has 0 N–H and O–H groups in total. The monoisotopic (exact) mass is 649 g/mol. The van der Waals surface area contributed by atoms with Gasteiger partial charge in [0.2, 0.25) is 5.13 Å². The number of thiazole rings is 1. The molecule has 232 valence electrons. The number of esters is 1. The van der Waals surface area contributed by atoms with Crippen LogP contribution in [-0.2, 0) is 28.3 Å². The third kappa shape index (κ3) is 6.52. The second-order valence-electron chi connectivity index (χ2n) is 10.7. The SMILES string of the molecule is CCOC(=O)c1csc(-n2nc(-c3ccc(F)c(-c4cccc(OC)c4)c3)c(Cc3ccc([SH](=O)=O)cc3F)c2CC2CC2)n1. The molecule has 0 amide bonds. The first-order chi connectivity index (χ1) is 21.7. The van der Waals surface area contributed by atoms with Gasteiger partial charge in [0, 0.05) is 28.5 Å². The Labute approximate surface area is 264 Å². The molecule has 1 fully saturated rings. The number of halogens is 2. The standard InChI is InChI=1S/C33H29F2N3O5S2/c1-3-43-32(39)29-18-44-33(36-29)38-30(13-19-7-8-19)26(15-21-9-11-24(45(40)41)17-28(21)35)31(37-38)22-10-12-27(34)25(16-22)20-5-4-6-23(14-20)42-2/h4-6,9-12,14,16-19,45H,3,7-8,13,15H2,1-2H3. The van der Waals surface area contributed by atoms with Crippen LogP contribution in [0.2, 0.25) is 0 Å². The maximum Gasteiger partial charge on any atom is 0.357 e. The van der Waals surface area contributed by atoms with Gasteiger partial charge in [0.05, 0.1) is 30.0 Å². The van der Waals surface area contributed by atoms with E-state index in [-0.39, 0.29) is 29.2 Å². The zero-order chi connectivity index (χ0) is 31.7. The summed E-state index contributed by atoms with van der Waals surface area (Å²) in [6.07, 6.45) is 2.79. The third-order valence-corrected chi connectivity index (χ3v) is 9.18. The van der Waals surface area contributed by atoms with E-state index in [1.807, 2.05) is 0 Å². The average molecular weight is 650 g/mol. The van der Waals surface area contributed by atoms with E-state index < -0.39 is 28.3 Å². The van der Waals surface area contributed by atoms with E-state index in [9.17, 15) is 13.2 Å². The van der Waals surface area contributed by atoms with Crippen LogP contribution < -0.4 is 4.74 Å². The van der Waals surface area contributed by atoms with E-state index in [4.69, 9.17) is 14.6 Å². The second kappa shape index (κ2) is 12.9. The largest absolute Gasteiger partial charge is 0.497 e. The molecule has 5 aromatic rings. The van der Waals surface area contributed by atoms with Crippen LogP contribution in [0.25, 0.3) is 27.5 Å². The van der Waals surface area contributed by atoms with Crippen LogP contribution in [0, 0.1) is 17.6 Å². The number of hydrogen-bond acceptors (Lipinski definition) is 8. The maximum atomic E-state index is 15.3. The Kier molecular flexibility index (Phi) is 8.77. The highest BCUT2D eigenvalue weighted by Crippen LogP contribution is 2.39. The molecule has 1 saturated carbocycles. The Morgan fingerprint density at radius 2 is 1.87 bits per heavy atom. The summed E-state index contributed by atoms with van der Waals surface area (Å²) < 4.78 is 65.7. The first-order valence-electron chi connectivity index (χ1n) is 14.4. The highest BCUT2D eigenvalue weighted by Gasteiger charge is 2.30. The molecule has 45 heavy (non-hydrogen) atoms. The number of nitrogens with zero attached hydrogens (tertiary/aromatic N) is 3. The van der Waals surface area contributed by atoms with Crippen LogP contribution >= 0.6 is 11.3 Å². The third-order valence-electron chi connectivity index (χ3n) is 7.66. The summed E-state index contributed by atoms with van der Waals surface area (Å²) in [5.74, 6) is -0.657. The van der Waals surface area contributed by atoms with Crippen molar-refractivity contribution in [2.45, 2.75) is 37.5 Å². The summed E-state index contributed by atoms with van der Waals surface area (Å²) in [5.41, 5.74) is 3.99. The Morgan fingerprint density at radius 1 is 1.04 bits per heavy atom. The number of methoxy groups -OCH3 is 1. The number of carbonyl (C=O) groups is 1. The summed E-state index contributed by atoms with van der Waals surface area (Å²) in [6.45, 7) is 1.92. The van der Waals surface area contributed by atoms with Gasteiger partial charge in [-0.1, -0.05) is 18.2 Å². The van der Waals surface area contributed by atoms with Crippen LogP contribution in [0.5, 0.6) is 5.75 Å². The smallest absolute Gasteiger partial charge is 0.357 e. The summed E-state index contributed by atoms with van der Waals surface area (Å²) in [4.78, 5) is 16.8. The molecule has 12 heteroatoms. The van der Waals surface area contributed by atoms with Crippen molar-refractivity contribution in [3.05, 3.63) is 100 Å². The van der Waals surface area contributed by atoms with Crippen molar-refractivity contribution in [3.8, 4) is 33.3 Å². The van der Waals surface area contributed by atoms with Crippen molar-refractivity contribution in [1.29, 1.82) is 0 Å². The van der Waals surface area contributed by atoms with Gasteiger partial charge in [0.1, 0.15) is 17.4 Å². The van der Waals surface area contributed by atoms with Gasteiger partial charge in [-0.25, -0.2) is 31.7 Å². The van der Waals surface area contributed by atoms with Gasteiger partial charge in [0.25, 0.3) is 0 Å². The fourth-order valence-corrected chi connectivity index (χ4v) is 6.38. The highest BCUT2D eigenvalue weighted by molar-refractivity contribution is 7.72. The molecule has 2 heterocycles. The number of thiol groups is 1. The number of benzene rings is 3. The van der Waals surface area contributed by atoms with E-state index >= 15 is 8.78 Å². The number of carbonyl (C=O) groups excluding carboxylic acids is 1. The normalized spacial score (nSPS) is 12.9. The van der Waals surface area contributed by atoms with Crippen molar-refractivity contribution in [3.63, 3.8) is 0 Å². The minimum atomic E-state index is -2.95. The lowest BCUT2D eigenvalue weighted by Gasteiger charge is -2.11. The van der Waals surface area contributed by atoms with Gasteiger partial charge in [-0.05, 0) is 85.7 Å². The highest BCUT2D eigenvalue weighted by atomic mass is 32.2. The molecule has 1 aliphatic carbocycles. The molecular formula is C33H29F2N3O5S2. The molecule has 0 bridgehead atoms. The first-order valence-corrected chi connectivity index (χ1v) is 16.4. The van der Waals surface area contributed by atoms with Crippen molar-refractivity contribution >= 4 is 28.0 Å². The lowest BCUT2D eigenvalue weighted by atomic mass is 9.94. The quantitative estimate of drug-likeness (QED) is 0.127.